The second-order valence-corrected chi connectivity index (χ2v) is 9.33. The summed E-state index contributed by atoms with van der Waals surface area (Å²) in [6, 6.07) is 8.16. The number of carbonyl (C=O) groups excluding carboxylic acids is 2. The standard InChI is InChI=1S/C25H33N9O5/c1-37-14-15-38-18-4-2-17(3-5-18)33-11-8-32(9-12-33)10-13-34-23-19(16-27-34)22(28-25(26)29-23)30-31-24(36)20-6-7-21(35)39-20/h2-5,16,20H,6-15H2,1H3,(H,31,36)(H3,26,28,29,30)/t20-/m1/s1. The third-order valence-corrected chi connectivity index (χ3v) is 6.75. The molecule has 1 aromatic carbocycles. The number of methoxy groups -OCH3 is 1. The van der Waals surface area contributed by atoms with E-state index in [1.807, 2.05) is 12.1 Å². The smallest absolute Gasteiger partial charge is 0.306 e. The molecule has 0 spiro atoms. The number of amides is 1. The lowest BCUT2D eigenvalue weighted by Gasteiger charge is -2.36. The molecule has 14 nitrogen and oxygen atoms in total. The van der Waals surface area contributed by atoms with Gasteiger partial charge in [-0.05, 0) is 24.3 Å². The zero-order chi connectivity index (χ0) is 27.2. The topological polar surface area (TPSA) is 162 Å². The molecular formula is C25H33N9O5. The quantitative estimate of drug-likeness (QED) is 0.175. The van der Waals surface area contributed by atoms with E-state index in [4.69, 9.17) is 19.9 Å². The minimum atomic E-state index is -0.817. The van der Waals surface area contributed by atoms with Gasteiger partial charge >= 0.3 is 5.97 Å². The lowest BCUT2D eigenvalue weighted by Crippen LogP contribution is -2.47. The number of hydrogen-bond acceptors (Lipinski definition) is 12. The fourth-order valence-electron chi connectivity index (χ4n) is 4.60. The van der Waals surface area contributed by atoms with Crippen molar-refractivity contribution >= 4 is 40.4 Å². The number of hydrazine groups is 1. The highest BCUT2D eigenvalue weighted by Gasteiger charge is 2.30. The minimum Gasteiger partial charge on any atom is -0.491 e. The Bertz CT molecular complexity index is 1290. The van der Waals surface area contributed by atoms with Gasteiger partial charge in [0.1, 0.15) is 12.4 Å². The average Bonchev–Trinajstić information content (AvgIpc) is 3.57. The highest BCUT2D eigenvalue weighted by atomic mass is 16.6. The zero-order valence-electron chi connectivity index (χ0n) is 21.8. The third-order valence-electron chi connectivity index (χ3n) is 6.75. The Morgan fingerprint density at radius 2 is 1.92 bits per heavy atom. The molecule has 2 fully saturated rings. The Labute approximate surface area is 225 Å². The lowest BCUT2D eigenvalue weighted by atomic mass is 10.2. The van der Waals surface area contributed by atoms with E-state index in [2.05, 4.69) is 47.9 Å². The molecule has 4 heterocycles. The molecule has 2 saturated heterocycles. The lowest BCUT2D eigenvalue weighted by molar-refractivity contribution is -0.147. The third kappa shape index (κ3) is 6.46. The van der Waals surface area contributed by atoms with Crippen LogP contribution in [0, 0.1) is 0 Å². The molecule has 14 heteroatoms. The van der Waals surface area contributed by atoms with Gasteiger partial charge in [-0.15, -0.1) is 0 Å². The van der Waals surface area contributed by atoms with Gasteiger partial charge in [0.15, 0.2) is 17.6 Å². The molecule has 1 amide bonds. The maximum Gasteiger partial charge on any atom is 0.306 e. The van der Waals surface area contributed by atoms with E-state index in [0.717, 1.165) is 38.5 Å². The van der Waals surface area contributed by atoms with Crippen molar-refractivity contribution in [2.75, 3.05) is 69.1 Å². The Balaban J connectivity index is 1.13. The Morgan fingerprint density at radius 3 is 2.64 bits per heavy atom. The van der Waals surface area contributed by atoms with Crippen LogP contribution in [-0.4, -0.2) is 95.7 Å². The van der Waals surface area contributed by atoms with Crippen LogP contribution in [0.25, 0.3) is 11.0 Å². The van der Waals surface area contributed by atoms with Crippen LogP contribution in [0.15, 0.2) is 30.5 Å². The van der Waals surface area contributed by atoms with Crippen LogP contribution >= 0.6 is 0 Å². The van der Waals surface area contributed by atoms with E-state index in [9.17, 15) is 9.59 Å². The highest BCUT2D eigenvalue weighted by Crippen LogP contribution is 2.23. The molecule has 1 atom stereocenters. The first-order chi connectivity index (χ1) is 19.0. The van der Waals surface area contributed by atoms with Crippen molar-refractivity contribution < 1.29 is 23.8 Å². The molecule has 39 heavy (non-hydrogen) atoms. The predicted octanol–water partition coefficient (Wildman–Crippen LogP) is 0.405. The Hall–Kier alpha value is -4.17. The summed E-state index contributed by atoms with van der Waals surface area (Å²) >= 11 is 0. The van der Waals surface area contributed by atoms with E-state index in [1.165, 1.54) is 5.69 Å². The summed E-state index contributed by atoms with van der Waals surface area (Å²) in [6.07, 6.45) is 1.39. The van der Waals surface area contributed by atoms with E-state index in [-0.39, 0.29) is 18.3 Å². The summed E-state index contributed by atoms with van der Waals surface area (Å²) in [4.78, 5) is 36.9. The average molecular weight is 540 g/mol. The number of nitrogens with two attached hydrogens (primary N) is 1. The second-order valence-electron chi connectivity index (χ2n) is 9.33. The number of carbonyl (C=O) groups is 2. The fraction of sp³-hybridized carbons (Fsp3) is 0.480. The fourth-order valence-corrected chi connectivity index (χ4v) is 4.60. The van der Waals surface area contributed by atoms with E-state index in [0.29, 0.717) is 43.0 Å². The van der Waals surface area contributed by atoms with E-state index < -0.39 is 12.0 Å². The van der Waals surface area contributed by atoms with Crippen LogP contribution < -0.4 is 26.2 Å². The molecular weight excluding hydrogens is 506 g/mol. The second kappa shape index (κ2) is 12.1. The number of aromatic nitrogens is 4. The number of ether oxygens (including phenoxy) is 3. The van der Waals surface area contributed by atoms with E-state index in [1.54, 1.807) is 18.0 Å². The van der Waals surface area contributed by atoms with Crippen LogP contribution in [0.3, 0.4) is 0 Å². The molecule has 2 aliphatic rings. The molecule has 0 unspecified atom stereocenters. The summed E-state index contributed by atoms with van der Waals surface area (Å²) in [5.41, 5.74) is 13.0. The number of nitrogens with zero attached hydrogens (tertiary/aromatic N) is 6. The van der Waals surface area contributed by atoms with Crippen LogP contribution in [0.5, 0.6) is 5.75 Å². The van der Waals surface area contributed by atoms with Crippen molar-refractivity contribution in [1.29, 1.82) is 0 Å². The molecule has 4 N–H and O–H groups in total. The van der Waals surface area contributed by atoms with Gasteiger partial charge in [-0.3, -0.25) is 25.3 Å². The molecule has 0 saturated carbocycles. The minimum absolute atomic E-state index is 0.0528. The number of benzene rings is 1. The van der Waals surface area contributed by atoms with Gasteiger partial charge in [0.05, 0.1) is 24.7 Å². The molecule has 208 valence electrons. The first kappa shape index (κ1) is 26.4. The van der Waals surface area contributed by atoms with Crippen molar-refractivity contribution in [3.8, 4) is 5.75 Å². The van der Waals surface area contributed by atoms with Crippen molar-refractivity contribution in [3.63, 3.8) is 0 Å². The molecule has 0 radical (unpaired) electrons. The van der Waals surface area contributed by atoms with Gasteiger partial charge in [-0.2, -0.15) is 15.1 Å². The number of hydrogen-bond donors (Lipinski definition) is 3. The van der Waals surface area contributed by atoms with Crippen molar-refractivity contribution in [3.05, 3.63) is 30.5 Å². The first-order valence-corrected chi connectivity index (χ1v) is 12.9. The van der Waals surface area contributed by atoms with Gasteiger partial charge in [-0.1, -0.05) is 0 Å². The van der Waals surface area contributed by atoms with Gasteiger partial charge in [0.2, 0.25) is 5.95 Å². The van der Waals surface area contributed by atoms with Crippen molar-refractivity contribution in [2.45, 2.75) is 25.5 Å². The number of cyclic esters (lactones) is 1. The maximum absolute atomic E-state index is 12.3. The molecule has 5 rings (SSSR count). The summed E-state index contributed by atoms with van der Waals surface area (Å²) in [7, 11) is 1.66. The van der Waals surface area contributed by atoms with Gasteiger partial charge in [0, 0.05) is 58.4 Å². The van der Waals surface area contributed by atoms with Crippen molar-refractivity contribution in [1.82, 2.24) is 30.1 Å². The Kier molecular flexibility index (Phi) is 8.22. The zero-order valence-corrected chi connectivity index (χ0v) is 21.8. The molecule has 3 aromatic rings. The van der Waals surface area contributed by atoms with Gasteiger partial charge in [-0.25, -0.2) is 4.68 Å². The summed E-state index contributed by atoms with van der Waals surface area (Å²) in [6.45, 7) is 6.21. The van der Waals surface area contributed by atoms with Gasteiger partial charge in [0.25, 0.3) is 5.91 Å². The number of rotatable bonds is 11. The van der Waals surface area contributed by atoms with E-state index >= 15 is 0 Å². The van der Waals surface area contributed by atoms with Crippen LogP contribution in [0.2, 0.25) is 0 Å². The number of nitrogen functional groups attached to an aromatic ring is 1. The Morgan fingerprint density at radius 1 is 1.13 bits per heavy atom. The van der Waals surface area contributed by atoms with Gasteiger partial charge < -0.3 is 24.8 Å². The number of anilines is 3. The SMILES string of the molecule is COCCOc1ccc(N2CCN(CCn3ncc4c(NNC(=O)[C@H]5CCC(=O)O5)nc(N)nc43)CC2)cc1. The number of fused-ring (bicyclic) bond motifs is 1. The highest BCUT2D eigenvalue weighted by molar-refractivity contribution is 5.90. The number of piperazine rings is 1. The summed E-state index contributed by atoms with van der Waals surface area (Å²) in [5, 5.41) is 5.09. The molecule has 0 aliphatic carbocycles. The monoisotopic (exact) mass is 539 g/mol. The number of esters is 1. The van der Waals surface area contributed by atoms with Crippen LogP contribution in [0.4, 0.5) is 17.5 Å². The first-order valence-electron chi connectivity index (χ1n) is 12.9. The number of nitrogens with one attached hydrogen (secondary N) is 2. The molecule has 2 aliphatic heterocycles. The predicted molar refractivity (Wildman–Crippen MR) is 143 cm³/mol. The normalized spacial score (nSPS) is 17.8. The summed E-state index contributed by atoms with van der Waals surface area (Å²) in [5.74, 6) is 0.376. The van der Waals surface area contributed by atoms with Crippen LogP contribution in [0.1, 0.15) is 12.8 Å². The van der Waals surface area contributed by atoms with Crippen LogP contribution in [-0.2, 0) is 25.6 Å². The molecule has 2 aromatic heterocycles. The largest absolute Gasteiger partial charge is 0.491 e. The maximum atomic E-state index is 12.3. The van der Waals surface area contributed by atoms with Crippen molar-refractivity contribution in [2.24, 2.45) is 0 Å². The summed E-state index contributed by atoms with van der Waals surface area (Å²) < 4.78 is 17.4. The molecule has 0 bridgehead atoms.